The number of phenols is 1. The van der Waals surface area contributed by atoms with Crippen LogP contribution in [0.15, 0.2) is 60.2 Å². The molecule has 0 radical (unpaired) electrons. The first kappa shape index (κ1) is 39.6. The van der Waals surface area contributed by atoms with E-state index in [1.165, 1.54) is 50.5 Å². The van der Waals surface area contributed by atoms with Crippen LogP contribution in [0.2, 0.25) is 0 Å². The normalized spacial score (nSPS) is 26.2. The van der Waals surface area contributed by atoms with Crippen molar-refractivity contribution in [2.45, 2.75) is 28.5 Å². The van der Waals surface area contributed by atoms with Gasteiger partial charge in [-0.05, 0) is 35.8 Å². The number of hydrogen-bond acceptors (Lipinski definition) is 10. The van der Waals surface area contributed by atoms with Crippen molar-refractivity contribution in [3.05, 3.63) is 115 Å². The molecule has 4 aliphatic rings. The number of aromatic hydroxyl groups is 1. The number of carbonyl (C=O) groups is 4. The number of phenolic OH excluding ortho intramolecular Hbond substituents is 1. The van der Waals surface area contributed by atoms with Crippen LogP contribution in [0, 0.1) is 67.1 Å². The van der Waals surface area contributed by atoms with E-state index in [4.69, 9.17) is 23.2 Å². The molecular weight excluding hydrogens is 836 g/mol. The maximum Gasteiger partial charge on any atom is 0.301 e. The fourth-order valence-corrected chi connectivity index (χ4v) is 10.1. The van der Waals surface area contributed by atoms with Crippen LogP contribution in [0.25, 0.3) is 10.8 Å². The van der Waals surface area contributed by atoms with Crippen LogP contribution >= 0.6 is 23.2 Å². The molecular formula is C38H24Cl2F5N5O9. The van der Waals surface area contributed by atoms with Gasteiger partial charge in [0, 0.05) is 37.5 Å². The van der Waals surface area contributed by atoms with E-state index in [1.54, 1.807) is 6.07 Å². The number of rotatable bonds is 6. The summed E-state index contributed by atoms with van der Waals surface area (Å²) in [7, 11) is 2.61. The Morgan fingerprint density at radius 3 is 1.90 bits per heavy atom. The van der Waals surface area contributed by atoms with Crippen LogP contribution in [0.1, 0.15) is 24.3 Å². The highest BCUT2D eigenvalue weighted by Gasteiger charge is 2.77. The molecule has 8 rings (SSSR count). The molecule has 1 saturated carbocycles. The molecule has 0 bridgehead atoms. The number of imide groups is 2. The molecule has 2 saturated heterocycles. The molecule has 2 aliphatic carbocycles. The Balaban J connectivity index is 1.34. The molecule has 0 spiro atoms. The highest BCUT2D eigenvalue weighted by Crippen LogP contribution is 2.67. The quantitative estimate of drug-likeness (QED) is 0.0313. The van der Waals surface area contributed by atoms with Gasteiger partial charge in [0.15, 0.2) is 38.7 Å². The van der Waals surface area contributed by atoms with Gasteiger partial charge in [-0.15, -0.1) is 23.2 Å². The molecule has 4 aromatic rings. The SMILES string of the molecule is CN(C)c1c([N+](=O)[O-])cc(N2C(=O)[C@H]3[C@H](CC=C4[C@H]3C[C@@]3(Cl)C(=O)N(c5c(F)c(F)c(F)c(F)c5F)C(=O)[C@@]3(Cl)[C@H]4c3ccc(O)c4ccccc34)C2=O)cc1[N+](=O)[O-]. The molecule has 4 amide bonds. The van der Waals surface area contributed by atoms with E-state index in [2.05, 4.69) is 0 Å². The van der Waals surface area contributed by atoms with Crippen molar-refractivity contribution in [1.82, 2.24) is 0 Å². The topological polar surface area (TPSA) is 185 Å². The summed E-state index contributed by atoms with van der Waals surface area (Å²) in [6.07, 6.45) is 0.308. The number of benzene rings is 4. The van der Waals surface area contributed by atoms with Gasteiger partial charge >= 0.3 is 11.4 Å². The van der Waals surface area contributed by atoms with Crippen molar-refractivity contribution in [2.24, 2.45) is 17.8 Å². The number of alkyl halides is 2. The molecule has 0 unspecified atom stereocenters. The third-order valence-electron chi connectivity index (χ3n) is 11.6. The molecule has 304 valence electrons. The largest absolute Gasteiger partial charge is 0.507 e. The van der Waals surface area contributed by atoms with E-state index >= 15 is 8.78 Å². The maximum absolute atomic E-state index is 15.4. The van der Waals surface area contributed by atoms with Gasteiger partial charge in [0.25, 0.3) is 11.8 Å². The zero-order valence-electron chi connectivity index (χ0n) is 30.0. The molecule has 2 aliphatic heterocycles. The first-order valence-corrected chi connectivity index (χ1v) is 18.2. The minimum absolute atomic E-state index is 0.0624. The molecule has 0 aromatic heterocycles. The van der Waals surface area contributed by atoms with Gasteiger partial charge in [0.05, 0.1) is 27.4 Å². The van der Waals surface area contributed by atoms with Crippen molar-refractivity contribution in [2.75, 3.05) is 28.8 Å². The number of nitro groups is 2. The highest BCUT2D eigenvalue weighted by molar-refractivity contribution is 6.58. The molecule has 21 heteroatoms. The second-order valence-corrected chi connectivity index (χ2v) is 15.9. The number of allylic oxidation sites excluding steroid dienone is 2. The standard InChI is InChI=1S/C38H24Cl2F5N5O9/c1-46(2)31-21(49(56)57)11-14(12-22(31)50(58)59)47-33(52)19-8-7-18-20(24(19)34(47)53)13-37(39)35(54)48(32-29(44)27(42)26(41)28(43)30(32)45)36(55)38(37,40)25(18)17-9-10-23(51)16-6-4-3-5-15(16)17/h3-7,9-12,19-20,24-25,51H,8,13H2,1-2H3/t19-,20+,24-,25-,37+,38-/m0/s1. The van der Waals surface area contributed by atoms with Crippen LogP contribution in [0.3, 0.4) is 0 Å². The lowest BCUT2D eigenvalue weighted by Crippen LogP contribution is -2.60. The fraction of sp³-hybridized carbons (Fsp3) is 0.263. The molecule has 6 atom stereocenters. The molecule has 1 N–H and O–H groups in total. The van der Waals surface area contributed by atoms with Crippen molar-refractivity contribution >= 4 is 86.0 Å². The average Bonchev–Trinajstić information content (AvgIpc) is 3.54. The van der Waals surface area contributed by atoms with Gasteiger partial charge < -0.3 is 10.0 Å². The summed E-state index contributed by atoms with van der Waals surface area (Å²) >= 11 is 14.5. The van der Waals surface area contributed by atoms with Crippen LogP contribution in [-0.4, -0.2) is 62.4 Å². The summed E-state index contributed by atoms with van der Waals surface area (Å²) in [4.78, 5) is 76.1. The first-order valence-electron chi connectivity index (χ1n) is 17.4. The number of fused-ring (bicyclic) bond motifs is 5. The molecule has 4 aromatic carbocycles. The lowest BCUT2D eigenvalue weighted by Gasteiger charge is -2.51. The number of nitro benzene ring substituents is 2. The predicted octanol–water partition coefficient (Wildman–Crippen LogP) is 6.89. The summed E-state index contributed by atoms with van der Waals surface area (Å²) < 4.78 is 74.3. The van der Waals surface area contributed by atoms with Crippen molar-refractivity contribution in [1.29, 1.82) is 0 Å². The maximum atomic E-state index is 15.4. The first-order chi connectivity index (χ1) is 27.7. The van der Waals surface area contributed by atoms with E-state index in [0.29, 0.717) is 4.90 Å². The minimum atomic E-state index is -2.86. The predicted molar refractivity (Wildman–Crippen MR) is 199 cm³/mol. The number of amides is 4. The summed E-state index contributed by atoms with van der Waals surface area (Å²) in [5.41, 5.74) is -4.41. The van der Waals surface area contributed by atoms with Gasteiger partial charge in [-0.3, -0.25) is 39.4 Å². The van der Waals surface area contributed by atoms with Crippen LogP contribution in [0.5, 0.6) is 5.75 Å². The van der Waals surface area contributed by atoms with Crippen molar-refractivity contribution in [3.63, 3.8) is 0 Å². The third-order valence-corrected chi connectivity index (χ3v) is 13.0. The number of hydrogen-bond donors (Lipinski definition) is 1. The van der Waals surface area contributed by atoms with Gasteiger partial charge in [-0.1, -0.05) is 42.0 Å². The summed E-state index contributed by atoms with van der Waals surface area (Å²) in [5, 5.41) is 35.5. The molecule has 14 nitrogen and oxygen atoms in total. The van der Waals surface area contributed by atoms with Crippen molar-refractivity contribution in [3.8, 4) is 5.75 Å². The third kappa shape index (κ3) is 5.09. The van der Waals surface area contributed by atoms with E-state index in [1.807, 2.05) is 0 Å². The number of carbonyl (C=O) groups excluding carboxylic acids is 4. The van der Waals surface area contributed by atoms with Gasteiger partial charge in [-0.2, -0.15) is 0 Å². The van der Waals surface area contributed by atoms with Gasteiger partial charge in [0.2, 0.25) is 17.6 Å². The van der Waals surface area contributed by atoms with E-state index in [0.717, 1.165) is 17.0 Å². The smallest absolute Gasteiger partial charge is 0.301 e. The molecule has 59 heavy (non-hydrogen) atoms. The second-order valence-electron chi connectivity index (χ2n) is 14.7. The van der Waals surface area contributed by atoms with Crippen molar-refractivity contribution < 1.29 is 56.1 Å². The zero-order valence-corrected chi connectivity index (χ0v) is 31.5. The molecule has 2 heterocycles. The van der Waals surface area contributed by atoms with Crippen LogP contribution in [-0.2, 0) is 19.2 Å². The fourth-order valence-electron chi connectivity index (χ4n) is 9.18. The average molecular weight is 861 g/mol. The Bertz CT molecular complexity index is 2660. The van der Waals surface area contributed by atoms with Crippen LogP contribution < -0.4 is 14.7 Å². The Hall–Kier alpha value is -6.21. The Labute approximate surface area is 337 Å². The van der Waals surface area contributed by atoms with E-state index < -0.39 is 131 Å². The minimum Gasteiger partial charge on any atom is -0.507 e. The Morgan fingerprint density at radius 1 is 0.780 bits per heavy atom. The lowest BCUT2D eigenvalue weighted by atomic mass is 9.56. The van der Waals surface area contributed by atoms with Gasteiger partial charge in [-0.25, -0.2) is 31.8 Å². The van der Waals surface area contributed by atoms with E-state index in [-0.39, 0.29) is 39.0 Å². The monoisotopic (exact) mass is 859 g/mol. The lowest BCUT2D eigenvalue weighted by molar-refractivity contribution is -0.392. The van der Waals surface area contributed by atoms with Gasteiger partial charge in [0.1, 0.15) is 11.4 Å². The summed E-state index contributed by atoms with van der Waals surface area (Å²) in [6, 6.07) is 10.2. The molecule has 3 fully saturated rings. The number of nitrogens with zero attached hydrogens (tertiary/aromatic N) is 5. The summed E-state index contributed by atoms with van der Waals surface area (Å²) in [6.45, 7) is 0. The zero-order chi connectivity index (χ0) is 42.9. The van der Waals surface area contributed by atoms with Crippen LogP contribution in [0.4, 0.5) is 50.4 Å². The Kier molecular flexibility index (Phi) is 8.83. The second kappa shape index (κ2) is 13.2. The number of halogens is 7. The number of anilines is 3. The Morgan fingerprint density at radius 2 is 1.34 bits per heavy atom. The summed E-state index contributed by atoms with van der Waals surface area (Å²) in [5.74, 6) is -24.2. The van der Waals surface area contributed by atoms with E-state index in [9.17, 15) is 57.7 Å². The highest BCUT2D eigenvalue weighted by atomic mass is 35.5.